The van der Waals surface area contributed by atoms with E-state index in [1.54, 1.807) is 36.4 Å². The first-order chi connectivity index (χ1) is 16.3. The van der Waals surface area contributed by atoms with Crippen LogP contribution in [0.2, 0.25) is 0 Å². The molecule has 0 saturated carbocycles. The van der Waals surface area contributed by atoms with Crippen molar-refractivity contribution in [3.05, 3.63) is 111 Å². The second kappa shape index (κ2) is 7.97. The van der Waals surface area contributed by atoms with Gasteiger partial charge in [0.25, 0.3) is 10.0 Å². The average Bonchev–Trinajstić information content (AvgIpc) is 2.82. The van der Waals surface area contributed by atoms with E-state index in [2.05, 4.69) is 0 Å². The number of nitrogens with zero attached hydrogens (tertiary/aromatic N) is 2. The van der Waals surface area contributed by atoms with Crippen molar-refractivity contribution >= 4 is 21.5 Å². The molecule has 8 heteroatoms. The predicted molar refractivity (Wildman–Crippen MR) is 128 cm³/mol. The molecule has 3 aromatic carbocycles. The molecule has 0 unspecified atom stereocenters. The van der Waals surface area contributed by atoms with Crippen LogP contribution in [0.1, 0.15) is 28.2 Å². The van der Waals surface area contributed by atoms with Crippen LogP contribution < -0.4 is 10.0 Å². The zero-order chi connectivity index (χ0) is 24.0. The summed E-state index contributed by atoms with van der Waals surface area (Å²) in [7, 11) is -4.14. The lowest BCUT2D eigenvalue weighted by Crippen LogP contribution is -2.39. The normalized spacial score (nSPS) is 18.6. The summed E-state index contributed by atoms with van der Waals surface area (Å²) in [5.41, 5.74) is 9.50. The van der Waals surface area contributed by atoms with Crippen molar-refractivity contribution in [2.45, 2.75) is 19.4 Å². The maximum absolute atomic E-state index is 14.2. The molecule has 2 heterocycles. The number of hydrogen-bond donors (Lipinski definition) is 2. The largest absolute Gasteiger partial charge is 0.508 e. The lowest BCUT2D eigenvalue weighted by molar-refractivity contribution is 0.357. The Morgan fingerprint density at radius 3 is 2.44 bits per heavy atom. The number of allylic oxidation sites excluding steroid dienone is 2. The minimum Gasteiger partial charge on any atom is -0.508 e. The second-order valence-corrected chi connectivity index (χ2v) is 10.00. The summed E-state index contributed by atoms with van der Waals surface area (Å²) in [6, 6.07) is 22.8. The molecule has 2 aliphatic heterocycles. The van der Waals surface area contributed by atoms with Crippen LogP contribution in [0.5, 0.6) is 5.75 Å². The van der Waals surface area contributed by atoms with Crippen molar-refractivity contribution < 1.29 is 18.3 Å². The van der Waals surface area contributed by atoms with Gasteiger partial charge in [0.05, 0.1) is 18.2 Å². The molecular formula is C26H21N3O4S. The first-order valence-corrected chi connectivity index (χ1v) is 12.0. The molecule has 2 aliphatic rings. The van der Waals surface area contributed by atoms with Gasteiger partial charge in [0.2, 0.25) is 5.88 Å². The molecule has 0 radical (unpaired) electrons. The third-order valence-electron chi connectivity index (χ3n) is 6.16. The number of aromatic hydroxyl groups is 1. The molecule has 34 heavy (non-hydrogen) atoms. The fourth-order valence-electron chi connectivity index (χ4n) is 4.42. The number of hydrogen-bond acceptors (Lipinski definition) is 6. The van der Waals surface area contributed by atoms with Gasteiger partial charge in [-0.25, -0.2) is 8.42 Å². The van der Waals surface area contributed by atoms with Gasteiger partial charge < -0.3 is 15.6 Å². The molecule has 0 spiro atoms. The number of nitriles is 1. The van der Waals surface area contributed by atoms with E-state index < -0.39 is 15.9 Å². The Labute approximate surface area is 197 Å². The summed E-state index contributed by atoms with van der Waals surface area (Å²) in [6.45, 7) is 2.05. The summed E-state index contributed by atoms with van der Waals surface area (Å²) in [5.74, 6) is -0.978. The van der Waals surface area contributed by atoms with E-state index in [0.29, 0.717) is 16.8 Å². The third kappa shape index (κ3) is 3.29. The molecule has 3 N–H and O–H groups in total. The lowest BCUT2D eigenvalue weighted by Gasteiger charge is -2.38. The van der Waals surface area contributed by atoms with Gasteiger partial charge in [-0.3, -0.25) is 4.31 Å². The topological polar surface area (TPSA) is 117 Å². The molecule has 1 atom stereocenters. The van der Waals surface area contributed by atoms with Gasteiger partial charge in [0.1, 0.15) is 22.3 Å². The average molecular weight is 472 g/mol. The number of para-hydroxylation sites is 1. The summed E-state index contributed by atoms with van der Waals surface area (Å²) in [4.78, 5) is -0.0452. The van der Waals surface area contributed by atoms with Crippen molar-refractivity contribution in [2.24, 2.45) is 5.73 Å². The molecule has 0 fully saturated rings. The van der Waals surface area contributed by atoms with Crippen molar-refractivity contribution in [1.29, 1.82) is 5.26 Å². The fraction of sp³-hybridized carbons (Fsp3) is 0.115. The highest BCUT2D eigenvalue weighted by Gasteiger charge is 2.47. The van der Waals surface area contributed by atoms with Gasteiger partial charge in [-0.05, 0) is 47.9 Å². The third-order valence-corrected chi connectivity index (χ3v) is 8.04. The van der Waals surface area contributed by atoms with Gasteiger partial charge in [0.15, 0.2) is 5.76 Å². The van der Waals surface area contributed by atoms with Gasteiger partial charge in [-0.2, -0.15) is 5.26 Å². The number of nitrogens with two attached hydrogens (primary N) is 1. The van der Waals surface area contributed by atoms with E-state index in [1.165, 1.54) is 16.4 Å². The second-order valence-electron chi connectivity index (χ2n) is 8.17. The van der Waals surface area contributed by atoms with E-state index in [4.69, 9.17) is 10.5 Å². The number of benzene rings is 3. The van der Waals surface area contributed by atoms with E-state index in [-0.39, 0.29) is 34.4 Å². The van der Waals surface area contributed by atoms with Crippen LogP contribution >= 0.6 is 0 Å². The van der Waals surface area contributed by atoms with Gasteiger partial charge in [0, 0.05) is 5.56 Å². The Morgan fingerprint density at radius 2 is 1.74 bits per heavy atom. The van der Waals surface area contributed by atoms with E-state index in [0.717, 1.165) is 11.1 Å². The lowest BCUT2D eigenvalue weighted by atomic mass is 9.88. The number of anilines is 1. The maximum Gasteiger partial charge on any atom is 0.265 e. The molecule has 0 bridgehead atoms. The zero-order valence-electron chi connectivity index (χ0n) is 18.3. The number of fused-ring (bicyclic) bond motifs is 2. The number of sulfonamides is 1. The minimum absolute atomic E-state index is 0.00300. The van der Waals surface area contributed by atoms with Crippen LogP contribution in [0.3, 0.4) is 0 Å². The molecule has 7 nitrogen and oxygen atoms in total. The fourth-order valence-corrected chi connectivity index (χ4v) is 6.32. The summed E-state index contributed by atoms with van der Waals surface area (Å²) in [5, 5.41) is 19.7. The summed E-state index contributed by atoms with van der Waals surface area (Å²) >= 11 is 0. The first kappa shape index (κ1) is 21.6. The SMILES string of the molecule is Cc1ccccc1CN1c2ccccc2C2=C([C@H](c3ccc(O)cc3)C(C#N)=C(N)O2)S1(=O)=O. The number of ether oxygens (including phenoxy) is 1. The molecule has 0 aromatic heterocycles. The first-order valence-electron chi connectivity index (χ1n) is 10.6. The van der Waals surface area contributed by atoms with Crippen molar-refractivity contribution in [3.8, 4) is 11.8 Å². The number of phenols is 1. The number of phenolic OH excluding ortho intramolecular Hbond substituents is 1. The zero-order valence-corrected chi connectivity index (χ0v) is 19.1. The number of rotatable bonds is 3. The molecule has 0 saturated heterocycles. The van der Waals surface area contributed by atoms with Crippen LogP contribution in [0.4, 0.5) is 5.69 Å². The highest BCUT2D eigenvalue weighted by atomic mass is 32.2. The van der Waals surface area contributed by atoms with Crippen LogP contribution in [0.25, 0.3) is 5.76 Å². The Bertz CT molecular complexity index is 1520. The van der Waals surface area contributed by atoms with Crippen molar-refractivity contribution in [3.63, 3.8) is 0 Å². The van der Waals surface area contributed by atoms with E-state index in [9.17, 15) is 18.8 Å². The van der Waals surface area contributed by atoms with Gasteiger partial charge >= 0.3 is 0 Å². The van der Waals surface area contributed by atoms with Crippen LogP contribution in [-0.2, 0) is 21.3 Å². The summed E-state index contributed by atoms with van der Waals surface area (Å²) < 4.78 is 35.6. The van der Waals surface area contributed by atoms with E-state index in [1.807, 2.05) is 37.3 Å². The molecule has 3 aromatic rings. The van der Waals surface area contributed by atoms with Crippen LogP contribution in [-0.4, -0.2) is 13.5 Å². The Hall–Kier alpha value is -4.22. The smallest absolute Gasteiger partial charge is 0.265 e. The van der Waals surface area contributed by atoms with Crippen molar-refractivity contribution in [2.75, 3.05) is 4.31 Å². The molecule has 0 aliphatic carbocycles. The minimum atomic E-state index is -4.14. The quantitative estimate of drug-likeness (QED) is 0.591. The Balaban J connectivity index is 1.77. The van der Waals surface area contributed by atoms with Gasteiger partial charge in [-0.15, -0.1) is 0 Å². The molecular weight excluding hydrogens is 450 g/mol. The predicted octanol–water partition coefficient (Wildman–Crippen LogP) is 4.23. The van der Waals surface area contributed by atoms with Crippen LogP contribution in [0.15, 0.2) is 89.2 Å². The van der Waals surface area contributed by atoms with E-state index >= 15 is 0 Å². The Morgan fingerprint density at radius 1 is 1.06 bits per heavy atom. The molecule has 5 rings (SSSR count). The summed E-state index contributed by atoms with van der Waals surface area (Å²) in [6.07, 6.45) is 0. The molecule has 170 valence electrons. The highest BCUT2D eigenvalue weighted by Crippen LogP contribution is 2.51. The number of aryl methyl sites for hydroxylation is 1. The maximum atomic E-state index is 14.2. The molecule has 0 amide bonds. The van der Waals surface area contributed by atoms with Crippen LogP contribution in [0, 0.1) is 18.3 Å². The van der Waals surface area contributed by atoms with Gasteiger partial charge in [-0.1, -0.05) is 48.5 Å². The monoisotopic (exact) mass is 471 g/mol. The highest BCUT2D eigenvalue weighted by molar-refractivity contribution is 7.96. The van der Waals surface area contributed by atoms with Crippen molar-refractivity contribution in [1.82, 2.24) is 0 Å². The Kier molecular flexibility index (Phi) is 5.07. The standard InChI is InChI=1S/C26H21N3O4S/c1-16-6-2-3-7-18(16)15-29-22-9-5-4-8-20(22)24-25(34(29,31)32)23(21(14-27)26(28)33-24)17-10-12-19(30)13-11-17/h2-13,23,30H,15,28H2,1H3/t23-/m1/s1.